The molecule has 2 rings (SSSR count). The summed E-state index contributed by atoms with van der Waals surface area (Å²) in [5, 5.41) is 9.35. The molecule has 5 heteroatoms. The number of ether oxygens (including phenoxy) is 1. The fraction of sp³-hybridized carbons (Fsp3) is 0.0833. The number of nitriles is 1. The number of hydrogen-bond donors (Lipinski definition) is 0. The third-order valence-electron chi connectivity index (χ3n) is 2.03. The van der Waals surface area contributed by atoms with Gasteiger partial charge in [-0.2, -0.15) is 5.26 Å². The van der Waals surface area contributed by atoms with Crippen molar-refractivity contribution in [3.05, 3.63) is 42.4 Å². The Balaban J connectivity index is 2.22. The zero-order valence-corrected chi connectivity index (χ0v) is 9.94. The van der Waals surface area contributed by atoms with Crippen LogP contribution in [0.3, 0.4) is 0 Å². The van der Waals surface area contributed by atoms with Crippen molar-refractivity contribution in [1.29, 1.82) is 5.26 Å². The van der Waals surface area contributed by atoms with Gasteiger partial charge in [0.2, 0.25) is 0 Å². The number of rotatable bonds is 3. The average Bonchev–Trinajstić information content (AvgIpc) is 2.40. The molecule has 0 bridgehead atoms. The van der Waals surface area contributed by atoms with E-state index in [2.05, 4.69) is 9.97 Å². The lowest BCUT2D eigenvalue weighted by Crippen LogP contribution is -1.89. The molecule has 1 aromatic heterocycles. The number of benzene rings is 1. The summed E-state index contributed by atoms with van der Waals surface area (Å²) in [6, 6.07) is 9.61. The second kappa shape index (κ2) is 5.32. The van der Waals surface area contributed by atoms with E-state index in [-0.39, 0.29) is 0 Å². The molecule has 1 heterocycles. The lowest BCUT2D eigenvalue weighted by atomic mass is 10.3. The number of methoxy groups -OCH3 is 1. The second-order valence-corrected chi connectivity index (χ2v) is 4.17. The molecule has 0 aliphatic rings. The van der Waals surface area contributed by atoms with Crippen molar-refractivity contribution in [3.8, 4) is 11.8 Å². The summed E-state index contributed by atoms with van der Waals surface area (Å²) < 4.78 is 5.24. The number of aromatic nitrogens is 2. The van der Waals surface area contributed by atoms with Crippen molar-refractivity contribution >= 4 is 11.8 Å². The molecule has 0 radical (unpaired) electrons. The summed E-state index contributed by atoms with van der Waals surface area (Å²) in [7, 11) is 1.63. The molecule has 2 aromatic rings. The predicted octanol–water partition coefficient (Wildman–Crippen LogP) is 2.51. The van der Waals surface area contributed by atoms with Crippen molar-refractivity contribution < 1.29 is 4.74 Å². The summed E-state index contributed by atoms with van der Waals surface area (Å²) >= 11 is 1.45. The van der Waals surface area contributed by atoms with Gasteiger partial charge in [-0.1, -0.05) is 23.9 Å². The molecule has 0 unspecified atom stereocenters. The molecule has 0 saturated carbocycles. The molecule has 0 atom stereocenters. The number of para-hydroxylation sites is 1. The van der Waals surface area contributed by atoms with Gasteiger partial charge >= 0.3 is 0 Å². The molecule has 0 saturated heterocycles. The Hall–Kier alpha value is -2.06. The highest BCUT2D eigenvalue weighted by atomic mass is 32.2. The van der Waals surface area contributed by atoms with Crippen LogP contribution in [0.15, 0.2) is 46.6 Å². The highest BCUT2D eigenvalue weighted by molar-refractivity contribution is 7.99. The first-order chi connectivity index (χ1) is 8.33. The van der Waals surface area contributed by atoms with E-state index >= 15 is 0 Å². The minimum Gasteiger partial charge on any atom is -0.496 e. The van der Waals surface area contributed by atoms with Gasteiger partial charge in [0.25, 0.3) is 0 Å². The normalized spacial score (nSPS) is 9.65. The van der Waals surface area contributed by atoms with Crippen LogP contribution in [0.1, 0.15) is 5.69 Å². The summed E-state index contributed by atoms with van der Waals surface area (Å²) in [4.78, 5) is 9.07. The summed E-state index contributed by atoms with van der Waals surface area (Å²) in [5.41, 5.74) is 0.314. The molecule has 0 fully saturated rings. The monoisotopic (exact) mass is 243 g/mol. The van der Waals surface area contributed by atoms with E-state index in [9.17, 15) is 0 Å². The van der Waals surface area contributed by atoms with Gasteiger partial charge in [0, 0.05) is 0 Å². The van der Waals surface area contributed by atoms with Crippen LogP contribution in [-0.4, -0.2) is 17.1 Å². The van der Waals surface area contributed by atoms with E-state index in [4.69, 9.17) is 10.00 Å². The van der Waals surface area contributed by atoms with Crippen molar-refractivity contribution in [2.75, 3.05) is 7.11 Å². The summed E-state index contributed by atoms with van der Waals surface area (Å²) in [6.45, 7) is 0. The summed E-state index contributed by atoms with van der Waals surface area (Å²) in [6.07, 6.45) is 3.04. The predicted molar refractivity (Wildman–Crippen MR) is 63.9 cm³/mol. The number of hydrogen-bond acceptors (Lipinski definition) is 5. The van der Waals surface area contributed by atoms with Crippen molar-refractivity contribution in [1.82, 2.24) is 9.97 Å². The zero-order valence-electron chi connectivity index (χ0n) is 9.12. The molecule has 0 aliphatic heterocycles. The Kier molecular flexibility index (Phi) is 3.58. The minimum absolute atomic E-state index is 0.314. The second-order valence-electron chi connectivity index (χ2n) is 3.10. The average molecular weight is 243 g/mol. The van der Waals surface area contributed by atoms with Crippen LogP contribution in [0.25, 0.3) is 0 Å². The van der Waals surface area contributed by atoms with Crippen LogP contribution in [-0.2, 0) is 0 Å². The molecule has 0 spiro atoms. The SMILES string of the molecule is COc1ccccc1Sc1cnc(C#N)cn1. The quantitative estimate of drug-likeness (QED) is 0.829. The van der Waals surface area contributed by atoms with Gasteiger partial charge in [0.05, 0.1) is 24.4 Å². The Morgan fingerprint density at radius 3 is 2.71 bits per heavy atom. The van der Waals surface area contributed by atoms with Crippen LogP contribution in [0.2, 0.25) is 0 Å². The molecular weight excluding hydrogens is 234 g/mol. The van der Waals surface area contributed by atoms with E-state index < -0.39 is 0 Å². The Morgan fingerprint density at radius 2 is 2.06 bits per heavy atom. The van der Waals surface area contributed by atoms with E-state index in [1.165, 1.54) is 18.0 Å². The molecular formula is C12H9N3OS. The maximum atomic E-state index is 8.62. The van der Waals surface area contributed by atoms with Crippen LogP contribution in [0, 0.1) is 11.3 Å². The van der Waals surface area contributed by atoms with Gasteiger partial charge in [0.1, 0.15) is 16.8 Å². The summed E-state index contributed by atoms with van der Waals surface area (Å²) in [5.74, 6) is 0.795. The van der Waals surface area contributed by atoms with Crippen LogP contribution in [0.5, 0.6) is 5.75 Å². The lowest BCUT2D eigenvalue weighted by Gasteiger charge is -2.06. The maximum Gasteiger partial charge on any atom is 0.158 e. The van der Waals surface area contributed by atoms with Gasteiger partial charge in [-0.3, -0.25) is 0 Å². The highest BCUT2D eigenvalue weighted by Gasteiger charge is 2.05. The fourth-order valence-corrected chi connectivity index (χ4v) is 2.08. The van der Waals surface area contributed by atoms with E-state index in [0.29, 0.717) is 5.69 Å². The first-order valence-corrected chi connectivity index (χ1v) is 5.68. The van der Waals surface area contributed by atoms with Crippen molar-refractivity contribution in [2.45, 2.75) is 9.92 Å². The molecule has 17 heavy (non-hydrogen) atoms. The molecule has 0 N–H and O–H groups in total. The first kappa shape index (κ1) is 11.4. The Bertz CT molecular complexity index is 548. The fourth-order valence-electron chi connectivity index (χ4n) is 1.24. The zero-order chi connectivity index (χ0) is 12.1. The van der Waals surface area contributed by atoms with Gasteiger partial charge < -0.3 is 4.74 Å². The lowest BCUT2D eigenvalue weighted by molar-refractivity contribution is 0.405. The van der Waals surface area contributed by atoms with E-state index in [1.54, 1.807) is 13.3 Å². The molecule has 4 nitrogen and oxygen atoms in total. The van der Waals surface area contributed by atoms with E-state index in [0.717, 1.165) is 15.7 Å². The topological polar surface area (TPSA) is 58.8 Å². The molecule has 84 valence electrons. The maximum absolute atomic E-state index is 8.62. The standard InChI is InChI=1S/C12H9N3OS/c1-16-10-4-2-3-5-11(10)17-12-8-14-9(6-13)7-15-12/h2-5,7-8H,1H3. The van der Waals surface area contributed by atoms with Crippen molar-refractivity contribution in [3.63, 3.8) is 0 Å². The van der Waals surface area contributed by atoms with Gasteiger partial charge in [-0.15, -0.1) is 0 Å². The Labute approximate surface area is 103 Å². The Morgan fingerprint density at radius 1 is 1.24 bits per heavy atom. The van der Waals surface area contributed by atoms with Crippen LogP contribution < -0.4 is 4.74 Å². The highest BCUT2D eigenvalue weighted by Crippen LogP contribution is 2.32. The third kappa shape index (κ3) is 2.74. The molecule has 1 aromatic carbocycles. The number of nitrogens with zero attached hydrogens (tertiary/aromatic N) is 3. The van der Waals surface area contributed by atoms with Crippen molar-refractivity contribution in [2.24, 2.45) is 0 Å². The van der Waals surface area contributed by atoms with Gasteiger partial charge in [0.15, 0.2) is 5.69 Å². The largest absolute Gasteiger partial charge is 0.496 e. The van der Waals surface area contributed by atoms with Gasteiger partial charge in [-0.25, -0.2) is 9.97 Å². The van der Waals surface area contributed by atoms with Crippen LogP contribution >= 0.6 is 11.8 Å². The van der Waals surface area contributed by atoms with Gasteiger partial charge in [-0.05, 0) is 12.1 Å². The van der Waals surface area contributed by atoms with Crippen LogP contribution in [0.4, 0.5) is 0 Å². The smallest absolute Gasteiger partial charge is 0.158 e. The minimum atomic E-state index is 0.314. The first-order valence-electron chi connectivity index (χ1n) is 4.86. The molecule has 0 amide bonds. The van der Waals surface area contributed by atoms with E-state index in [1.807, 2.05) is 30.3 Å². The third-order valence-corrected chi connectivity index (χ3v) is 3.00. The molecule has 0 aliphatic carbocycles.